The maximum absolute atomic E-state index is 15.2. The van der Waals surface area contributed by atoms with E-state index in [1.165, 1.54) is 36.4 Å². The Balaban J connectivity index is 1.77. The normalized spacial score (nSPS) is 12.8. The van der Waals surface area contributed by atoms with E-state index in [4.69, 9.17) is 11.5 Å². The lowest BCUT2D eigenvalue weighted by molar-refractivity contribution is -0.0913. The summed E-state index contributed by atoms with van der Waals surface area (Å²) in [5.74, 6) is -2.90. The van der Waals surface area contributed by atoms with Crippen molar-refractivity contribution in [2.24, 2.45) is 10.7 Å². The van der Waals surface area contributed by atoms with Gasteiger partial charge in [0.2, 0.25) is 0 Å². The SMILES string of the molecule is C=C/C(F)=C(\C=C(/C)C(F)(F)F)NC(=O)Nc1ccc(-c2ccc(C(N)=NC(=O)c3ccccc3)c(N)c2F)cc1. The maximum Gasteiger partial charge on any atom is 0.412 e. The number of urea groups is 1. The molecule has 3 aromatic carbocycles. The van der Waals surface area contributed by atoms with Crippen molar-refractivity contribution in [1.82, 2.24) is 5.32 Å². The Morgan fingerprint density at radius 2 is 1.63 bits per heavy atom. The quantitative estimate of drug-likeness (QED) is 0.0840. The molecule has 41 heavy (non-hydrogen) atoms. The third-order valence-corrected chi connectivity index (χ3v) is 5.64. The van der Waals surface area contributed by atoms with E-state index < -0.39 is 41.0 Å². The Labute approximate surface area is 231 Å². The number of benzene rings is 3. The minimum atomic E-state index is -4.73. The second-order valence-electron chi connectivity index (χ2n) is 8.50. The van der Waals surface area contributed by atoms with Gasteiger partial charge < -0.3 is 22.1 Å². The van der Waals surface area contributed by atoms with Gasteiger partial charge >= 0.3 is 12.2 Å². The average Bonchev–Trinajstić information content (AvgIpc) is 2.94. The summed E-state index contributed by atoms with van der Waals surface area (Å²) in [6, 6.07) is 15.6. The Hall–Kier alpha value is -5.26. The largest absolute Gasteiger partial charge is 0.412 e. The molecule has 0 radical (unpaired) electrons. The highest BCUT2D eigenvalue weighted by Crippen LogP contribution is 2.30. The molecule has 6 N–H and O–H groups in total. The molecule has 0 spiro atoms. The molecule has 3 aromatic rings. The van der Waals surface area contributed by atoms with Gasteiger partial charge in [-0.1, -0.05) is 43.0 Å². The van der Waals surface area contributed by atoms with Crippen LogP contribution in [0.25, 0.3) is 11.1 Å². The van der Waals surface area contributed by atoms with E-state index in [1.54, 1.807) is 30.3 Å². The molecule has 0 atom stereocenters. The number of nitrogens with one attached hydrogen (secondary N) is 2. The summed E-state index contributed by atoms with van der Waals surface area (Å²) < 4.78 is 67.7. The first kappa shape index (κ1) is 30.3. The number of allylic oxidation sites excluding steroid dienone is 4. The van der Waals surface area contributed by atoms with Crippen molar-refractivity contribution in [2.75, 3.05) is 11.1 Å². The zero-order valence-electron chi connectivity index (χ0n) is 21.5. The summed E-state index contributed by atoms with van der Waals surface area (Å²) in [7, 11) is 0. The van der Waals surface area contributed by atoms with Crippen molar-refractivity contribution in [3.63, 3.8) is 0 Å². The lowest BCUT2D eigenvalue weighted by atomic mass is 10.0. The molecule has 0 aromatic heterocycles. The van der Waals surface area contributed by atoms with E-state index in [0.29, 0.717) is 23.3 Å². The summed E-state index contributed by atoms with van der Waals surface area (Å²) in [6.07, 6.45) is -3.64. The molecular formula is C29H24F5N5O2. The highest BCUT2D eigenvalue weighted by molar-refractivity contribution is 6.11. The van der Waals surface area contributed by atoms with Gasteiger partial charge in [0.25, 0.3) is 5.91 Å². The van der Waals surface area contributed by atoms with Crippen LogP contribution >= 0.6 is 0 Å². The monoisotopic (exact) mass is 569 g/mol. The molecule has 212 valence electrons. The molecule has 0 aliphatic rings. The van der Waals surface area contributed by atoms with Crippen molar-refractivity contribution >= 4 is 29.1 Å². The standard InChI is InChI=1S/C29H24F5N5O2/c1-3-22(30)23(15-16(2)29(32,33)34)38-28(41)37-19-11-9-17(10-12-19)20-13-14-21(25(35)24(20)31)26(36)39-27(40)18-7-5-4-6-8-18/h3-15H,1,35H2,2H3,(H2,36,39,40)(H2,37,38,41)/b16-15+,23-22-. The smallest absolute Gasteiger partial charge is 0.396 e. The van der Waals surface area contributed by atoms with Crippen molar-refractivity contribution in [3.05, 3.63) is 120 Å². The Morgan fingerprint density at radius 1 is 1.00 bits per heavy atom. The summed E-state index contributed by atoms with van der Waals surface area (Å²) in [5.41, 5.74) is 10.6. The van der Waals surface area contributed by atoms with Crippen LogP contribution in [0.1, 0.15) is 22.8 Å². The highest BCUT2D eigenvalue weighted by atomic mass is 19.4. The Kier molecular flexibility index (Phi) is 9.40. The minimum Gasteiger partial charge on any atom is -0.396 e. The van der Waals surface area contributed by atoms with Gasteiger partial charge in [0.15, 0.2) is 5.82 Å². The zero-order valence-corrected chi connectivity index (χ0v) is 21.5. The average molecular weight is 570 g/mol. The van der Waals surface area contributed by atoms with Crippen LogP contribution in [0.15, 0.2) is 108 Å². The van der Waals surface area contributed by atoms with Crippen LogP contribution in [0.2, 0.25) is 0 Å². The molecule has 0 fully saturated rings. The van der Waals surface area contributed by atoms with E-state index in [9.17, 15) is 27.2 Å². The molecule has 0 saturated heterocycles. The molecule has 0 aliphatic carbocycles. The molecule has 0 heterocycles. The Bertz CT molecular complexity index is 1560. The third-order valence-electron chi connectivity index (χ3n) is 5.64. The van der Waals surface area contributed by atoms with Crippen LogP contribution in [0.5, 0.6) is 0 Å². The minimum absolute atomic E-state index is 0.0240. The predicted molar refractivity (Wildman–Crippen MR) is 148 cm³/mol. The van der Waals surface area contributed by atoms with Crippen molar-refractivity contribution in [3.8, 4) is 11.1 Å². The summed E-state index contributed by atoms with van der Waals surface area (Å²) in [5, 5.41) is 4.35. The second kappa shape index (κ2) is 12.7. The predicted octanol–water partition coefficient (Wildman–Crippen LogP) is 6.62. The number of hydrogen-bond acceptors (Lipinski definition) is 3. The molecule has 0 saturated carbocycles. The second-order valence-corrected chi connectivity index (χ2v) is 8.50. The van der Waals surface area contributed by atoms with Gasteiger partial charge in [0.05, 0.1) is 11.4 Å². The molecule has 0 bridgehead atoms. The molecule has 12 heteroatoms. The lowest BCUT2D eigenvalue weighted by Crippen LogP contribution is -2.28. The molecule has 0 aliphatic heterocycles. The van der Waals surface area contributed by atoms with Crippen LogP contribution in [0.4, 0.5) is 38.1 Å². The summed E-state index contributed by atoms with van der Waals surface area (Å²) >= 11 is 0. The number of anilines is 2. The fourth-order valence-electron chi connectivity index (χ4n) is 3.44. The van der Waals surface area contributed by atoms with Gasteiger partial charge in [-0.05, 0) is 55.0 Å². The summed E-state index contributed by atoms with van der Waals surface area (Å²) in [4.78, 5) is 28.4. The van der Waals surface area contributed by atoms with Crippen LogP contribution in [-0.4, -0.2) is 24.0 Å². The first-order valence-electron chi connectivity index (χ1n) is 11.8. The van der Waals surface area contributed by atoms with Crippen LogP contribution in [-0.2, 0) is 0 Å². The van der Waals surface area contributed by atoms with Crippen LogP contribution in [0.3, 0.4) is 0 Å². The van der Waals surface area contributed by atoms with Crippen molar-refractivity contribution < 1.29 is 31.5 Å². The van der Waals surface area contributed by atoms with Gasteiger partial charge in [-0.2, -0.15) is 18.2 Å². The van der Waals surface area contributed by atoms with E-state index in [-0.39, 0.29) is 28.3 Å². The number of rotatable bonds is 7. The van der Waals surface area contributed by atoms with Crippen molar-refractivity contribution in [2.45, 2.75) is 13.1 Å². The number of amidine groups is 1. The number of carbonyl (C=O) groups excluding carboxylic acids is 2. The van der Waals surface area contributed by atoms with Gasteiger partial charge in [0.1, 0.15) is 11.7 Å². The summed E-state index contributed by atoms with van der Waals surface area (Å²) in [6.45, 7) is 3.87. The van der Waals surface area contributed by atoms with E-state index >= 15 is 4.39 Å². The van der Waals surface area contributed by atoms with E-state index in [2.05, 4.69) is 16.9 Å². The van der Waals surface area contributed by atoms with E-state index in [0.717, 1.165) is 6.92 Å². The van der Waals surface area contributed by atoms with Crippen molar-refractivity contribution in [1.29, 1.82) is 0 Å². The molecule has 7 nitrogen and oxygen atoms in total. The zero-order chi connectivity index (χ0) is 30.3. The highest BCUT2D eigenvalue weighted by Gasteiger charge is 2.30. The van der Waals surface area contributed by atoms with Crippen LogP contribution in [0, 0.1) is 5.82 Å². The van der Waals surface area contributed by atoms with Gasteiger partial charge in [0, 0.05) is 28.0 Å². The number of nitrogens with two attached hydrogens (primary N) is 2. The first-order chi connectivity index (χ1) is 19.3. The fourth-order valence-corrected chi connectivity index (χ4v) is 3.44. The number of hydrogen-bond donors (Lipinski definition) is 4. The maximum atomic E-state index is 15.2. The molecular weight excluding hydrogens is 545 g/mol. The van der Waals surface area contributed by atoms with Gasteiger partial charge in [-0.15, -0.1) is 0 Å². The number of aliphatic imine (C=N–C) groups is 1. The van der Waals surface area contributed by atoms with Gasteiger partial charge in [-0.25, -0.2) is 13.6 Å². The first-order valence-corrected chi connectivity index (χ1v) is 11.8. The Morgan fingerprint density at radius 3 is 2.22 bits per heavy atom. The van der Waals surface area contributed by atoms with Gasteiger partial charge in [-0.3, -0.25) is 4.79 Å². The van der Waals surface area contributed by atoms with E-state index in [1.807, 2.05) is 5.32 Å². The third kappa shape index (κ3) is 7.66. The number of nitrogen functional groups attached to an aromatic ring is 1. The van der Waals surface area contributed by atoms with Crippen LogP contribution < -0.4 is 22.1 Å². The molecule has 0 unspecified atom stereocenters. The fraction of sp³-hybridized carbons (Fsp3) is 0.0690. The number of nitrogens with zero attached hydrogens (tertiary/aromatic N) is 1. The number of alkyl halides is 3. The number of halogens is 5. The molecule has 3 rings (SSSR count). The molecule has 3 amide bonds. The lowest BCUT2D eigenvalue weighted by Gasteiger charge is -2.13. The number of carbonyl (C=O) groups is 2. The number of amides is 3. The topological polar surface area (TPSA) is 123 Å².